The first-order valence-electron chi connectivity index (χ1n) is 22.6. The quantitative estimate of drug-likeness (QED) is 0.0692. The molecule has 3 aliphatic rings. The van der Waals surface area contributed by atoms with Crippen LogP contribution in [0, 0.1) is 0 Å². The maximum absolute atomic E-state index is 14.1. The van der Waals surface area contributed by atoms with Crippen molar-refractivity contribution in [2.45, 2.75) is 44.6 Å². The molecule has 0 spiro atoms. The summed E-state index contributed by atoms with van der Waals surface area (Å²) in [6.45, 7) is 5.37. The van der Waals surface area contributed by atoms with E-state index in [0.29, 0.717) is 90.3 Å². The first-order valence-corrected chi connectivity index (χ1v) is 22.6. The number of benzene rings is 3. The minimum Gasteiger partial charge on any atom is -0.382 e. The van der Waals surface area contributed by atoms with E-state index >= 15 is 0 Å². The van der Waals surface area contributed by atoms with Crippen molar-refractivity contribution in [1.82, 2.24) is 55.2 Å². The molecular formula is C47H51N13O8. The Morgan fingerprint density at radius 3 is 2.46 bits per heavy atom. The number of imide groups is 2. The van der Waals surface area contributed by atoms with Gasteiger partial charge in [0, 0.05) is 56.4 Å². The zero-order valence-electron chi connectivity index (χ0n) is 37.2. The van der Waals surface area contributed by atoms with Crippen molar-refractivity contribution < 1.29 is 38.2 Å². The first kappa shape index (κ1) is 45.7. The highest BCUT2D eigenvalue weighted by molar-refractivity contribution is 6.25. The number of carbonyl (C=O) groups is 5. The topological polar surface area (TPSA) is 233 Å². The highest BCUT2D eigenvalue weighted by Crippen LogP contribution is 2.32. The van der Waals surface area contributed by atoms with Gasteiger partial charge in [0.25, 0.3) is 11.8 Å². The standard InChI is InChI=1S/C47H51N13O8/c61-41-14-13-39(45(63)53-41)59-46(64)36-10-6-12-38(42(36)47(59)65)48-17-21-66-23-25-68-26-24-67-22-20-58-28-32(54-55-58)27-49-44(62)40-30-57(43-35-9-4-5-11-37(35)50-31-51-43)19-18-56(40)29-34-15-16-52-60(34)33-7-2-1-3-8-33/h1-12,15-16,28,31,39-40,48H,13-14,17-27,29-30H2,(H,49,62)(H,53,61,63). The summed E-state index contributed by atoms with van der Waals surface area (Å²) in [6, 6.07) is 23.2. The SMILES string of the molecule is O=C1CCC(N2C(=O)c3cccc(NCCOCCOCCOCCn4cc(CNC(=O)C5CN(c6ncnc7ccccc67)CCN5Cc5ccnn5-c5ccccc5)nn4)c3C2=O)C(=O)N1. The summed E-state index contributed by atoms with van der Waals surface area (Å²) in [5.41, 5.74) is 4.25. The van der Waals surface area contributed by atoms with E-state index in [0.717, 1.165) is 33.0 Å². The van der Waals surface area contributed by atoms with Gasteiger partial charge in [0.1, 0.15) is 29.9 Å². The van der Waals surface area contributed by atoms with E-state index in [1.807, 2.05) is 65.3 Å². The molecule has 6 heterocycles. The van der Waals surface area contributed by atoms with Gasteiger partial charge in [-0.25, -0.2) is 19.3 Å². The van der Waals surface area contributed by atoms with Crippen LogP contribution < -0.4 is 20.9 Å². The van der Waals surface area contributed by atoms with Crippen molar-refractivity contribution in [3.8, 4) is 5.69 Å². The lowest BCUT2D eigenvalue weighted by Gasteiger charge is -2.41. The molecule has 352 valence electrons. The van der Waals surface area contributed by atoms with Gasteiger partial charge >= 0.3 is 0 Å². The number of piperazine rings is 1. The third kappa shape index (κ3) is 10.4. The molecule has 3 aliphatic heterocycles. The van der Waals surface area contributed by atoms with E-state index < -0.39 is 35.7 Å². The number of rotatable bonds is 21. The molecule has 2 fully saturated rings. The van der Waals surface area contributed by atoms with Crippen molar-refractivity contribution in [3.05, 3.63) is 120 Å². The Morgan fingerprint density at radius 1 is 0.824 bits per heavy atom. The number of hydrogen-bond acceptors (Lipinski definition) is 16. The lowest BCUT2D eigenvalue weighted by atomic mass is 10.0. The molecule has 2 atom stereocenters. The number of fused-ring (bicyclic) bond motifs is 2. The number of nitrogens with one attached hydrogen (secondary N) is 3. The van der Waals surface area contributed by atoms with Gasteiger partial charge in [0.15, 0.2) is 0 Å². The molecule has 3 N–H and O–H groups in total. The third-order valence-electron chi connectivity index (χ3n) is 12.0. The number of carbonyl (C=O) groups excluding carboxylic acids is 5. The van der Waals surface area contributed by atoms with E-state index in [1.165, 1.54) is 0 Å². The van der Waals surface area contributed by atoms with Gasteiger partial charge in [-0.3, -0.25) is 39.1 Å². The number of amides is 5. The number of ether oxygens (including phenoxy) is 3. The van der Waals surface area contributed by atoms with Crippen molar-refractivity contribution in [1.29, 1.82) is 0 Å². The maximum atomic E-state index is 14.1. The van der Waals surface area contributed by atoms with Gasteiger partial charge in [0.05, 0.1) is 87.0 Å². The highest BCUT2D eigenvalue weighted by Gasteiger charge is 2.45. The Morgan fingerprint density at radius 2 is 1.62 bits per heavy atom. The Labute approximate surface area is 390 Å². The number of piperidine rings is 1. The van der Waals surface area contributed by atoms with E-state index in [-0.39, 0.29) is 36.4 Å². The zero-order chi connectivity index (χ0) is 46.8. The number of hydrogen-bond donors (Lipinski definition) is 3. The second-order valence-electron chi connectivity index (χ2n) is 16.3. The molecule has 3 aromatic heterocycles. The fourth-order valence-electron chi connectivity index (χ4n) is 8.60. The Kier molecular flexibility index (Phi) is 14.4. The van der Waals surface area contributed by atoms with Crippen LogP contribution in [0.1, 0.15) is 44.9 Å². The second-order valence-corrected chi connectivity index (χ2v) is 16.3. The molecule has 6 aromatic rings. The fourth-order valence-corrected chi connectivity index (χ4v) is 8.60. The Balaban J connectivity index is 0.682. The first-order chi connectivity index (χ1) is 33.3. The van der Waals surface area contributed by atoms with Gasteiger partial charge in [-0.15, -0.1) is 5.10 Å². The normalized spacial score (nSPS) is 17.5. The average molecular weight is 926 g/mol. The summed E-state index contributed by atoms with van der Waals surface area (Å²) in [6.07, 6.45) is 5.29. The number of anilines is 2. The molecule has 3 aromatic carbocycles. The minimum atomic E-state index is -1.03. The van der Waals surface area contributed by atoms with Crippen LogP contribution in [0.3, 0.4) is 0 Å². The predicted molar refractivity (Wildman–Crippen MR) is 245 cm³/mol. The number of nitrogens with zero attached hydrogens (tertiary/aromatic N) is 10. The molecule has 0 saturated carbocycles. The van der Waals surface area contributed by atoms with E-state index in [9.17, 15) is 24.0 Å². The number of aromatic nitrogens is 7. The molecule has 0 bridgehead atoms. The molecule has 5 amide bonds. The van der Waals surface area contributed by atoms with Gasteiger partial charge in [-0.1, -0.05) is 41.6 Å². The molecule has 0 aliphatic carbocycles. The van der Waals surface area contributed by atoms with Crippen LogP contribution in [-0.4, -0.2) is 152 Å². The smallest absolute Gasteiger partial charge is 0.264 e. The molecular weight excluding hydrogens is 875 g/mol. The average Bonchev–Trinajstić information content (AvgIpc) is 4.09. The number of para-hydroxylation sites is 2. The zero-order valence-corrected chi connectivity index (χ0v) is 37.2. The summed E-state index contributed by atoms with van der Waals surface area (Å²) >= 11 is 0. The van der Waals surface area contributed by atoms with Crippen molar-refractivity contribution in [2.24, 2.45) is 0 Å². The lowest BCUT2D eigenvalue weighted by Crippen LogP contribution is -2.59. The Bertz CT molecular complexity index is 2760. The van der Waals surface area contributed by atoms with Crippen LogP contribution in [0.5, 0.6) is 0 Å². The van der Waals surface area contributed by atoms with Crippen LogP contribution >= 0.6 is 0 Å². The predicted octanol–water partition coefficient (Wildman–Crippen LogP) is 1.98. The highest BCUT2D eigenvalue weighted by atomic mass is 16.5. The second kappa shape index (κ2) is 21.4. The van der Waals surface area contributed by atoms with E-state index in [1.54, 1.807) is 41.6 Å². The lowest BCUT2D eigenvalue weighted by molar-refractivity contribution is -0.136. The third-order valence-corrected chi connectivity index (χ3v) is 12.0. The fraction of sp³-hybridized carbons (Fsp3) is 0.362. The van der Waals surface area contributed by atoms with Crippen LogP contribution in [0.2, 0.25) is 0 Å². The maximum Gasteiger partial charge on any atom is 0.264 e. The van der Waals surface area contributed by atoms with Crippen molar-refractivity contribution >= 4 is 51.9 Å². The molecule has 2 unspecified atom stereocenters. The molecule has 2 saturated heterocycles. The summed E-state index contributed by atoms with van der Waals surface area (Å²) in [4.78, 5) is 78.8. The Hall–Kier alpha value is -7.46. The van der Waals surface area contributed by atoms with Gasteiger partial charge in [0.2, 0.25) is 17.7 Å². The summed E-state index contributed by atoms with van der Waals surface area (Å²) in [5, 5.41) is 22.5. The van der Waals surface area contributed by atoms with Crippen LogP contribution in [-0.2, 0) is 48.2 Å². The van der Waals surface area contributed by atoms with Crippen molar-refractivity contribution in [3.63, 3.8) is 0 Å². The van der Waals surface area contributed by atoms with Crippen LogP contribution in [0.25, 0.3) is 16.6 Å². The van der Waals surface area contributed by atoms with Crippen LogP contribution in [0.15, 0.2) is 97.6 Å². The largest absolute Gasteiger partial charge is 0.382 e. The summed E-state index contributed by atoms with van der Waals surface area (Å²) in [7, 11) is 0. The molecule has 68 heavy (non-hydrogen) atoms. The molecule has 0 radical (unpaired) electrons. The molecule has 9 rings (SSSR count). The van der Waals surface area contributed by atoms with E-state index in [4.69, 9.17) is 14.2 Å². The van der Waals surface area contributed by atoms with Crippen LogP contribution in [0.4, 0.5) is 11.5 Å². The van der Waals surface area contributed by atoms with E-state index in [2.05, 4.69) is 51.1 Å². The minimum absolute atomic E-state index is 0.0538. The monoisotopic (exact) mass is 925 g/mol. The van der Waals surface area contributed by atoms with Gasteiger partial charge in [-0.2, -0.15) is 5.10 Å². The van der Waals surface area contributed by atoms with Crippen molar-refractivity contribution in [2.75, 3.05) is 76.0 Å². The summed E-state index contributed by atoms with van der Waals surface area (Å²) in [5.74, 6) is -1.54. The molecule has 21 heteroatoms. The summed E-state index contributed by atoms with van der Waals surface area (Å²) < 4.78 is 20.6. The van der Waals surface area contributed by atoms with Gasteiger partial charge in [-0.05, 0) is 48.9 Å². The van der Waals surface area contributed by atoms with Gasteiger partial charge < -0.3 is 29.7 Å². The molecule has 21 nitrogen and oxygen atoms in total.